The van der Waals surface area contributed by atoms with Crippen molar-refractivity contribution in [2.45, 2.75) is 39.8 Å². The number of nitrogens with zero attached hydrogens (tertiary/aromatic N) is 1. The molecule has 7 heteroatoms. The molecule has 0 aromatic heterocycles. The van der Waals surface area contributed by atoms with E-state index >= 15 is 0 Å². The highest BCUT2D eigenvalue weighted by Crippen LogP contribution is 2.27. The highest BCUT2D eigenvalue weighted by Gasteiger charge is 2.30. The van der Waals surface area contributed by atoms with Crippen LogP contribution in [-0.2, 0) is 16.1 Å². The summed E-state index contributed by atoms with van der Waals surface area (Å²) in [5.74, 6) is 0.359. The number of hydrogen-bond donors (Lipinski definition) is 1. The molecule has 0 saturated carbocycles. The maximum Gasteiger partial charge on any atom is 0.261 e. The largest absolute Gasteiger partial charge is 0.484 e. The number of halogens is 2. The molecule has 2 amide bonds. The molecule has 5 nitrogen and oxygen atoms in total. The summed E-state index contributed by atoms with van der Waals surface area (Å²) in [4.78, 5) is 27.5. The van der Waals surface area contributed by atoms with Crippen LogP contribution in [0.5, 0.6) is 5.75 Å². The maximum absolute atomic E-state index is 13.1. The van der Waals surface area contributed by atoms with E-state index in [-0.39, 0.29) is 25.0 Å². The zero-order chi connectivity index (χ0) is 22.1. The lowest BCUT2D eigenvalue weighted by Gasteiger charge is -2.31. The lowest BCUT2D eigenvalue weighted by molar-refractivity contribution is -0.143. The second-order valence-corrected chi connectivity index (χ2v) is 8.20. The fourth-order valence-electron chi connectivity index (χ4n) is 2.94. The lowest BCUT2D eigenvalue weighted by Crippen LogP contribution is -2.50. The first-order chi connectivity index (χ1) is 14.3. The molecule has 0 aliphatic heterocycles. The molecule has 0 bridgehead atoms. The van der Waals surface area contributed by atoms with Crippen LogP contribution in [0.4, 0.5) is 0 Å². The van der Waals surface area contributed by atoms with Gasteiger partial charge in [-0.25, -0.2) is 0 Å². The van der Waals surface area contributed by atoms with E-state index in [9.17, 15) is 9.59 Å². The van der Waals surface area contributed by atoms with Crippen molar-refractivity contribution in [2.75, 3.05) is 13.2 Å². The molecule has 1 unspecified atom stereocenters. The van der Waals surface area contributed by atoms with E-state index in [2.05, 4.69) is 5.32 Å². The van der Waals surface area contributed by atoms with Crippen LogP contribution in [-0.4, -0.2) is 35.9 Å². The Bertz CT molecular complexity index is 823. The van der Waals surface area contributed by atoms with Crippen molar-refractivity contribution in [1.82, 2.24) is 10.2 Å². The first kappa shape index (κ1) is 24.0. The molecule has 162 valence electrons. The third-order valence-electron chi connectivity index (χ3n) is 4.57. The van der Waals surface area contributed by atoms with Crippen molar-refractivity contribution in [3.05, 3.63) is 64.1 Å². The minimum Gasteiger partial charge on any atom is -0.484 e. The third-order valence-corrected chi connectivity index (χ3v) is 5.27. The highest BCUT2D eigenvalue weighted by molar-refractivity contribution is 6.36. The summed E-state index contributed by atoms with van der Waals surface area (Å²) in [5, 5.41) is 3.81. The van der Waals surface area contributed by atoms with Gasteiger partial charge in [-0.2, -0.15) is 0 Å². The Labute approximate surface area is 188 Å². The van der Waals surface area contributed by atoms with Gasteiger partial charge in [-0.3, -0.25) is 9.59 Å². The van der Waals surface area contributed by atoms with Crippen LogP contribution in [0.2, 0.25) is 10.0 Å². The second kappa shape index (κ2) is 11.8. The minimum absolute atomic E-state index is 0.114. The molecule has 0 spiro atoms. The van der Waals surface area contributed by atoms with Crippen molar-refractivity contribution in [2.24, 2.45) is 5.92 Å². The SMILES string of the molecule is CCC(C(=O)NCC(C)C)N(Cc1c(Cl)cccc1Cl)C(=O)COc1ccccc1. The van der Waals surface area contributed by atoms with E-state index < -0.39 is 6.04 Å². The van der Waals surface area contributed by atoms with Gasteiger partial charge >= 0.3 is 0 Å². The Kier molecular flexibility index (Phi) is 9.47. The summed E-state index contributed by atoms with van der Waals surface area (Å²) < 4.78 is 5.63. The Morgan fingerprint density at radius 3 is 2.23 bits per heavy atom. The monoisotopic (exact) mass is 450 g/mol. The van der Waals surface area contributed by atoms with Gasteiger partial charge in [0.25, 0.3) is 5.91 Å². The van der Waals surface area contributed by atoms with Gasteiger partial charge in [0, 0.05) is 28.7 Å². The predicted octanol–water partition coefficient (Wildman–Crippen LogP) is 4.95. The molecule has 0 fully saturated rings. The zero-order valence-corrected chi connectivity index (χ0v) is 19.0. The smallest absolute Gasteiger partial charge is 0.261 e. The van der Waals surface area contributed by atoms with E-state index in [4.69, 9.17) is 27.9 Å². The molecule has 2 aromatic carbocycles. The average Bonchev–Trinajstić information content (AvgIpc) is 2.73. The number of ether oxygens (including phenoxy) is 1. The second-order valence-electron chi connectivity index (χ2n) is 7.39. The van der Waals surface area contributed by atoms with Gasteiger partial charge in [0.2, 0.25) is 5.91 Å². The number of para-hydroxylation sites is 1. The Balaban J connectivity index is 2.25. The van der Waals surface area contributed by atoms with Gasteiger partial charge in [-0.1, -0.05) is 68.2 Å². The van der Waals surface area contributed by atoms with Crippen LogP contribution in [0.25, 0.3) is 0 Å². The first-order valence-corrected chi connectivity index (χ1v) is 10.8. The standard InChI is InChI=1S/C23H28Cl2N2O3/c1-4-21(23(29)26-13-16(2)3)27(14-18-19(24)11-8-12-20(18)25)22(28)15-30-17-9-6-5-7-10-17/h5-12,16,21H,4,13-15H2,1-3H3,(H,26,29). The topological polar surface area (TPSA) is 58.6 Å². The first-order valence-electron chi connectivity index (χ1n) is 10.0. The number of nitrogens with one attached hydrogen (secondary N) is 1. The van der Waals surface area contributed by atoms with Gasteiger partial charge in [0.1, 0.15) is 11.8 Å². The molecule has 1 atom stereocenters. The van der Waals surface area contributed by atoms with Crippen LogP contribution in [0, 0.1) is 5.92 Å². The van der Waals surface area contributed by atoms with Crippen molar-refractivity contribution < 1.29 is 14.3 Å². The number of carbonyl (C=O) groups is 2. The molecule has 0 saturated heterocycles. The highest BCUT2D eigenvalue weighted by atomic mass is 35.5. The summed E-state index contributed by atoms with van der Waals surface area (Å²) in [5.41, 5.74) is 0.601. The normalized spacial score (nSPS) is 11.8. The van der Waals surface area contributed by atoms with Crippen molar-refractivity contribution in [3.63, 3.8) is 0 Å². The molecule has 0 aliphatic rings. The molecule has 2 aromatic rings. The van der Waals surface area contributed by atoms with E-state index in [0.717, 1.165) is 0 Å². The quantitative estimate of drug-likeness (QED) is 0.556. The van der Waals surface area contributed by atoms with Crippen LogP contribution in [0.15, 0.2) is 48.5 Å². The van der Waals surface area contributed by atoms with Gasteiger partial charge in [-0.05, 0) is 36.6 Å². The predicted molar refractivity (Wildman–Crippen MR) is 121 cm³/mol. The Morgan fingerprint density at radius 2 is 1.67 bits per heavy atom. The van der Waals surface area contributed by atoms with E-state index in [1.54, 1.807) is 30.3 Å². The van der Waals surface area contributed by atoms with Crippen LogP contribution < -0.4 is 10.1 Å². The van der Waals surface area contributed by atoms with Crippen LogP contribution in [0.1, 0.15) is 32.8 Å². The fourth-order valence-corrected chi connectivity index (χ4v) is 3.46. The van der Waals surface area contributed by atoms with Gasteiger partial charge in [0.05, 0.1) is 0 Å². The van der Waals surface area contributed by atoms with Gasteiger partial charge < -0.3 is 15.0 Å². The zero-order valence-electron chi connectivity index (χ0n) is 17.5. The molecular formula is C23H28Cl2N2O3. The third kappa shape index (κ3) is 6.92. The molecule has 1 N–H and O–H groups in total. The number of benzene rings is 2. The number of hydrogen-bond acceptors (Lipinski definition) is 3. The average molecular weight is 451 g/mol. The number of carbonyl (C=O) groups excluding carboxylic acids is 2. The van der Waals surface area contributed by atoms with Crippen molar-refractivity contribution in [1.29, 1.82) is 0 Å². The van der Waals surface area contributed by atoms with E-state index in [0.29, 0.717) is 40.2 Å². The summed E-state index contributed by atoms with van der Waals surface area (Å²) in [7, 11) is 0. The fraction of sp³-hybridized carbons (Fsp3) is 0.391. The van der Waals surface area contributed by atoms with Crippen molar-refractivity contribution >= 4 is 35.0 Å². The lowest BCUT2D eigenvalue weighted by atomic mass is 10.1. The number of rotatable bonds is 10. The number of amides is 2. The Hall–Kier alpha value is -2.24. The maximum atomic E-state index is 13.1. The molecule has 2 rings (SSSR count). The summed E-state index contributed by atoms with van der Waals surface area (Å²) >= 11 is 12.7. The van der Waals surface area contributed by atoms with E-state index in [1.807, 2.05) is 39.0 Å². The minimum atomic E-state index is -0.664. The summed E-state index contributed by atoms with van der Waals surface area (Å²) in [6.45, 7) is 6.35. The molecular weight excluding hydrogens is 423 g/mol. The van der Waals surface area contributed by atoms with Crippen LogP contribution >= 0.6 is 23.2 Å². The van der Waals surface area contributed by atoms with E-state index in [1.165, 1.54) is 4.90 Å². The Morgan fingerprint density at radius 1 is 1.03 bits per heavy atom. The summed E-state index contributed by atoms with van der Waals surface area (Å²) in [6.07, 6.45) is 0.447. The molecule has 0 radical (unpaired) electrons. The van der Waals surface area contributed by atoms with Crippen LogP contribution in [0.3, 0.4) is 0 Å². The molecule has 30 heavy (non-hydrogen) atoms. The van der Waals surface area contributed by atoms with Gasteiger partial charge in [-0.15, -0.1) is 0 Å². The van der Waals surface area contributed by atoms with Gasteiger partial charge in [0.15, 0.2) is 6.61 Å². The van der Waals surface area contributed by atoms with Crippen molar-refractivity contribution in [3.8, 4) is 5.75 Å². The molecule has 0 aliphatic carbocycles. The molecule has 0 heterocycles. The summed E-state index contributed by atoms with van der Waals surface area (Å²) in [6, 6.07) is 13.6.